The number of thiophene rings is 1. The second-order valence-corrected chi connectivity index (χ2v) is 6.90. The van der Waals surface area contributed by atoms with Crippen LogP contribution in [0.5, 0.6) is 0 Å². The van der Waals surface area contributed by atoms with Crippen LogP contribution in [0.15, 0.2) is 35.7 Å². The van der Waals surface area contributed by atoms with Crippen LogP contribution in [0.3, 0.4) is 0 Å². The summed E-state index contributed by atoms with van der Waals surface area (Å²) < 4.78 is 0. The molecule has 0 saturated carbocycles. The van der Waals surface area contributed by atoms with Crippen molar-refractivity contribution in [2.75, 3.05) is 25.5 Å². The van der Waals surface area contributed by atoms with Crippen LogP contribution in [0.4, 0.5) is 5.69 Å². The van der Waals surface area contributed by atoms with Crippen LogP contribution in [0.1, 0.15) is 33.8 Å². The molecule has 1 aliphatic rings. The third kappa shape index (κ3) is 3.49. The zero-order valence-electron chi connectivity index (χ0n) is 13.8. The van der Waals surface area contributed by atoms with Gasteiger partial charge in [0.05, 0.1) is 6.54 Å². The maximum absolute atomic E-state index is 12.3. The summed E-state index contributed by atoms with van der Waals surface area (Å²) in [6, 6.07) is 9.33. The molecule has 0 spiro atoms. The van der Waals surface area contributed by atoms with Gasteiger partial charge in [-0.25, -0.2) is 0 Å². The van der Waals surface area contributed by atoms with Gasteiger partial charge in [0, 0.05) is 35.8 Å². The summed E-state index contributed by atoms with van der Waals surface area (Å²) in [6.07, 6.45) is 1.01. The SMILES string of the molecule is CNC(=O)c1ccc(NC(=O)CN2CCc3sccc3[C@@H]2C)cc1. The highest BCUT2D eigenvalue weighted by Crippen LogP contribution is 2.32. The molecular formula is C18H21N3O2S. The van der Waals surface area contributed by atoms with Crippen molar-refractivity contribution in [2.24, 2.45) is 0 Å². The second kappa shape index (κ2) is 7.15. The Morgan fingerprint density at radius 1 is 1.25 bits per heavy atom. The molecule has 126 valence electrons. The van der Waals surface area contributed by atoms with Gasteiger partial charge in [-0.15, -0.1) is 11.3 Å². The lowest BCUT2D eigenvalue weighted by Gasteiger charge is -2.32. The average molecular weight is 343 g/mol. The van der Waals surface area contributed by atoms with Crippen LogP contribution in [0, 0.1) is 0 Å². The summed E-state index contributed by atoms with van der Waals surface area (Å²) in [5.41, 5.74) is 2.62. The van der Waals surface area contributed by atoms with Crippen molar-refractivity contribution in [3.63, 3.8) is 0 Å². The monoisotopic (exact) mass is 343 g/mol. The van der Waals surface area contributed by atoms with Crippen LogP contribution in [-0.4, -0.2) is 36.9 Å². The maximum atomic E-state index is 12.3. The Morgan fingerprint density at radius 3 is 2.71 bits per heavy atom. The van der Waals surface area contributed by atoms with E-state index in [2.05, 4.69) is 33.9 Å². The number of rotatable bonds is 4. The van der Waals surface area contributed by atoms with E-state index in [1.807, 2.05) is 0 Å². The van der Waals surface area contributed by atoms with E-state index < -0.39 is 0 Å². The van der Waals surface area contributed by atoms with Gasteiger partial charge in [0.2, 0.25) is 5.91 Å². The molecule has 5 nitrogen and oxygen atoms in total. The maximum Gasteiger partial charge on any atom is 0.251 e. The highest BCUT2D eigenvalue weighted by Gasteiger charge is 2.26. The Balaban J connectivity index is 1.59. The van der Waals surface area contributed by atoms with Gasteiger partial charge >= 0.3 is 0 Å². The number of carbonyl (C=O) groups is 2. The molecule has 1 aliphatic heterocycles. The number of hydrogen-bond donors (Lipinski definition) is 2. The Hall–Kier alpha value is -2.18. The lowest BCUT2D eigenvalue weighted by Crippen LogP contribution is -2.39. The zero-order valence-corrected chi connectivity index (χ0v) is 14.7. The predicted molar refractivity (Wildman–Crippen MR) is 96.5 cm³/mol. The van der Waals surface area contributed by atoms with Crippen molar-refractivity contribution in [2.45, 2.75) is 19.4 Å². The first-order valence-electron chi connectivity index (χ1n) is 8.01. The molecule has 0 saturated heterocycles. The highest BCUT2D eigenvalue weighted by molar-refractivity contribution is 7.10. The Morgan fingerprint density at radius 2 is 2.00 bits per heavy atom. The molecule has 2 heterocycles. The third-order valence-corrected chi connectivity index (χ3v) is 5.40. The van der Waals surface area contributed by atoms with Gasteiger partial charge in [-0.2, -0.15) is 0 Å². The van der Waals surface area contributed by atoms with Gasteiger partial charge in [-0.1, -0.05) is 0 Å². The van der Waals surface area contributed by atoms with Gasteiger partial charge in [0.1, 0.15) is 0 Å². The first-order valence-corrected chi connectivity index (χ1v) is 8.88. The van der Waals surface area contributed by atoms with Gasteiger partial charge in [-0.3, -0.25) is 14.5 Å². The van der Waals surface area contributed by atoms with Crippen LogP contribution in [-0.2, 0) is 11.2 Å². The number of nitrogens with one attached hydrogen (secondary N) is 2. The van der Waals surface area contributed by atoms with E-state index in [-0.39, 0.29) is 17.9 Å². The van der Waals surface area contributed by atoms with Crippen molar-refractivity contribution in [1.29, 1.82) is 0 Å². The molecule has 0 fully saturated rings. The summed E-state index contributed by atoms with van der Waals surface area (Å²) >= 11 is 1.80. The molecule has 0 radical (unpaired) electrons. The Kier molecular flexibility index (Phi) is 4.97. The average Bonchev–Trinajstić information content (AvgIpc) is 3.07. The molecule has 2 aromatic rings. The van der Waals surface area contributed by atoms with Crippen LogP contribution < -0.4 is 10.6 Å². The first-order chi connectivity index (χ1) is 11.6. The molecule has 3 rings (SSSR count). The number of hydrogen-bond acceptors (Lipinski definition) is 4. The van der Waals surface area contributed by atoms with Crippen molar-refractivity contribution in [3.8, 4) is 0 Å². The minimum atomic E-state index is -0.137. The third-order valence-electron chi connectivity index (χ3n) is 4.41. The summed E-state index contributed by atoms with van der Waals surface area (Å²) in [4.78, 5) is 27.5. The molecule has 6 heteroatoms. The van der Waals surface area contributed by atoms with E-state index in [0.717, 1.165) is 13.0 Å². The van der Waals surface area contributed by atoms with E-state index in [0.29, 0.717) is 17.8 Å². The molecule has 0 unspecified atom stereocenters. The van der Waals surface area contributed by atoms with Crippen LogP contribution in [0.25, 0.3) is 0 Å². The molecule has 2 amide bonds. The summed E-state index contributed by atoms with van der Waals surface area (Å²) in [6.45, 7) is 3.42. The molecular weight excluding hydrogens is 322 g/mol. The van der Waals surface area contributed by atoms with E-state index >= 15 is 0 Å². The number of fused-ring (bicyclic) bond motifs is 1. The quantitative estimate of drug-likeness (QED) is 0.897. The fourth-order valence-corrected chi connectivity index (χ4v) is 3.97. The highest BCUT2D eigenvalue weighted by atomic mass is 32.1. The summed E-state index contributed by atoms with van der Waals surface area (Å²) in [5, 5.41) is 7.60. The van der Waals surface area contributed by atoms with Gasteiger partial charge in [-0.05, 0) is 54.6 Å². The van der Waals surface area contributed by atoms with Crippen molar-refractivity contribution >= 4 is 28.8 Å². The minimum Gasteiger partial charge on any atom is -0.355 e. The largest absolute Gasteiger partial charge is 0.355 e. The van der Waals surface area contributed by atoms with E-state index in [4.69, 9.17) is 0 Å². The molecule has 1 atom stereocenters. The first kappa shape index (κ1) is 16.7. The number of carbonyl (C=O) groups excluding carboxylic acids is 2. The number of nitrogens with zero attached hydrogens (tertiary/aromatic N) is 1. The Bertz CT molecular complexity index is 739. The summed E-state index contributed by atoms with van der Waals surface area (Å²) in [5.74, 6) is -0.171. The molecule has 1 aromatic carbocycles. The van der Waals surface area contributed by atoms with Gasteiger partial charge in [0.25, 0.3) is 5.91 Å². The zero-order chi connectivity index (χ0) is 17.1. The number of anilines is 1. The van der Waals surface area contributed by atoms with E-state index in [9.17, 15) is 9.59 Å². The topological polar surface area (TPSA) is 61.4 Å². The normalized spacial score (nSPS) is 17.2. The van der Waals surface area contributed by atoms with Crippen molar-refractivity contribution < 1.29 is 9.59 Å². The Labute approximate surface area is 145 Å². The van der Waals surface area contributed by atoms with E-state index in [1.54, 1.807) is 42.6 Å². The fourth-order valence-electron chi connectivity index (χ4n) is 3.01. The standard InChI is InChI=1S/C18H21N3O2S/c1-12-15-8-10-24-16(15)7-9-21(12)11-17(22)20-14-5-3-13(4-6-14)18(23)19-2/h3-6,8,10,12H,7,9,11H2,1-2H3,(H,19,23)(H,20,22)/t12-/m0/s1. The van der Waals surface area contributed by atoms with Crippen LogP contribution >= 0.6 is 11.3 Å². The lowest BCUT2D eigenvalue weighted by atomic mass is 10.0. The van der Waals surface area contributed by atoms with Crippen molar-refractivity contribution in [3.05, 3.63) is 51.7 Å². The predicted octanol–water partition coefficient (Wildman–Crippen LogP) is 2.67. The molecule has 0 aliphatic carbocycles. The molecule has 24 heavy (non-hydrogen) atoms. The van der Waals surface area contributed by atoms with Crippen LogP contribution in [0.2, 0.25) is 0 Å². The van der Waals surface area contributed by atoms with Gasteiger partial charge in [0.15, 0.2) is 0 Å². The smallest absolute Gasteiger partial charge is 0.251 e. The molecule has 2 N–H and O–H groups in total. The summed E-state index contributed by atoms with van der Waals surface area (Å²) in [7, 11) is 1.59. The molecule has 1 aromatic heterocycles. The van der Waals surface area contributed by atoms with Gasteiger partial charge < -0.3 is 10.6 Å². The minimum absolute atomic E-state index is 0.0341. The lowest BCUT2D eigenvalue weighted by molar-refractivity contribution is -0.117. The van der Waals surface area contributed by atoms with Crippen molar-refractivity contribution in [1.82, 2.24) is 10.2 Å². The number of benzene rings is 1. The molecule has 0 bridgehead atoms. The fraction of sp³-hybridized carbons (Fsp3) is 0.333. The second-order valence-electron chi connectivity index (χ2n) is 5.90. The van der Waals surface area contributed by atoms with E-state index in [1.165, 1.54) is 10.4 Å². The number of amides is 2.